The minimum absolute atomic E-state index is 0.0522. The summed E-state index contributed by atoms with van der Waals surface area (Å²) in [5, 5.41) is 22.2. The van der Waals surface area contributed by atoms with Gasteiger partial charge in [0.25, 0.3) is 5.69 Å². The molecule has 0 spiro atoms. The van der Waals surface area contributed by atoms with E-state index in [0.29, 0.717) is 0 Å². The van der Waals surface area contributed by atoms with Gasteiger partial charge in [0.15, 0.2) is 0 Å². The van der Waals surface area contributed by atoms with Gasteiger partial charge in [0.05, 0.1) is 22.1 Å². The zero-order valence-corrected chi connectivity index (χ0v) is 10.9. The monoisotopic (exact) mass is 274 g/mol. The predicted octanol–water partition coefficient (Wildman–Crippen LogP) is 1.53. The van der Waals surface area contributed by atoms with Crippen molar-refractivity contribution in [1.82, 2.24) is 0 Å². The van der Waals surface area contributed by atoms with Crippen LogP contribution in [-0.2, 0) is 4.79 Å². The van der Waals surface area contributed by atoms with Crippen LogP contribution in [0.3, 0.4) is 0 Å². The molecule has 1 saturated carbocycles. The van der Waals surface area contributed by atoms with E-state index < -0.39 is 16.4 Å². The molecule has 7 heteroatoms. The number of nitrogens with two attached hydrogens (primary N) is 1. The number of anilines is 1. The molecule has 1 unspecified atom stereocenters. The standard InChI is InChI=1S/C13H14N4O3/c1-13(15,9-3-4-9)12(18)16-10-5-2-8(7-14)6-11(10)17(19)20/h2,5-6,9H,3-4,15H2,1H3,(H,16,18). The number of nitriles is 1. The van der Waals surface area contributed by atoms with Gasteiger partial charge in [-0.2, -0.15) is 5.26 Å². The zero-order chi connectivity index (χ0) is 14.9. The van der Waals surface area contributed by atoms with E-state index in [-0.39, 0.29) is 22.9 Å². The molecule has 0 bridgehead atoms. The number of benzene rings is 1. The maximum absolute atomic E-state index is 12.1. The van der Waals surface area contributed by atoms with Gasteiger partial charge in [0.1, 0.15) is 5.69 Å². The topological polar surface area (TPSA) is 122 Å². The number of nitro benzene ring substituents is 1. The van der Waals surface area contributed by atoms with Crippen LogP contribution in [0.4, 0.5) is 11.4 Å². The van der Waals surface area contributed by atoms with E-state index in [1.807, 2.05) is 6.07 Å². The molecule has 0 aliphatic heterocycles. The predicted molar refractivity (Wildman–Crippen MR) is 71.8 cm³/mol. The zero-order valence-electron chi connectivity index (χ0n) is 10.9. The lowest BCUT2D eigenvalue weighted by atomic mass is 9.96. The Hall–Kier alpha value is -2.46. The first-order valence-corrected chi connectivity index (χ1v) is 6.15. The molecule has 7 nitrogen and oxygen atoms in total. The van der Waals surface area contributed by atoms with Crippen LogP contribution in [0.5, 0.6) is 0 Å². The summed E-state index contributed by atoms with van der Waals surface area (Å²) in [5.41, 5.74) is 4.82. The average Bonchev–Trinajstić information content (AvgIpc) is 3.23. The number of nitrogens with one attached hydrogen (secondary N) is 1. The fourth-order valence-corrected chi connectivity index (χ4v) is 1.98. The quantitative estimate of drug-likeness (QED) is 0.636. The Morgan fingerprint density at radius 3 is 2.75 bits per heavy atom. The van der Waals surface area contributed by atoms with Gasteiger partial charge in [-0.15, -0.1) is 0 Å². The maximum Gasteiger partial charge on any atom is 0.294 e. The van der Waals surface area contributed by atoms with E-state index in [2.05, 4.69) is 5.32 Å². The molecule has 0 aromatic heterocycles. The minimum Gasteiger partial charge on any atom is -0.319 e. The van der Waals surface area contributed by atoms with Gasteiger partial charge in [-0.3, -0.25) is 14.9 Å². The van der Waals surface area contributed by atoms with Crippen molar-refractivity contribution in [2.75, 3.05) is 5.32 Å². The van der Waals surface area contributed by atoms with Crippen LogP contribution < -0.4 is 11.1 Å². The Labute approximate surface area is 115 Å². The van der Waals surface area contributed by atoms with Gasteiger partial charge in [-0.1, -0.05) is 0 Å². The van der Waals surface area contributed by atoms with Crippen molar-refractivity contribution in [2.45, 2.75) is 25.3 Å². The van der Waals surface area contributed by atoms with Gasteiger partial charge in [0.2, 0.25) is 5.91 Å². The van der Waals surface area contributed by atoms with E-state index in [0.717, 1.165) is 18.9 Å². The molecule has 1 aromatic rings. The third-order valence-electron chi connectivity index (χ3n) is 3.49. The largest absolute Gasteiger partial charge is 0.319 e. The SMILES string of the molecule is CC(N)(C(=O)Nc1ccc(C#N)cc1[N+](=O)[O-])C1CC1. The van der Waals surface area contributed by atoms with Crippen LogP contribution in [0.1, 0.15) is 25.3 Å². The van der Waals surface area contributed by atoms with Crippen molar-refractivity contribution in [3.8, 4) is 6.07 Å². The van der Waals surface area contributed by atoms with E-state index in [1.165, 1.54) is 12.1 Å². The van der Waals surface area contributed by atoms with Crippen molar-refractivity contribution < 1.29 is 9.72 Å². The summed E-state index contributed by atoms with van der Waals surface area (Å²) in [6, 6.07) is 5.70. The number of amides is 1. The number of rotatable bonds is 4. The number of nitro groups is 1. The summed E-state index contributed by atoms with van der Waals surface area (Å²) in [6.07, 6.45) is 1.77. The van der Waals surface area contributed by atoms with Crippen molar-refractivity contribution in [3.63, 3.8) is 0 Å². The highest BCUT2D eigenvalue weighted by Gasteiger charge is 2.44. The molecular formula is C13H14N4O3. The molecule has 1 atom stereocenters. The van der Waals surface area contributed by atoms with E-state index in [4.69, 9.17) is 11.0 Å². The van der Waals surface area contributed by atoms with Crippen LogP contribution in [0.15, 0.2) is 18.2 Å². The van der Waals surface area contributed by atoms with Crippen LogP contribution in [0.25, 0.3) is 0 Å². The van der Waals surface area contributed by atoms with Crippen molar-refractivity contribution in [2.24, 2.45) is 11.7 Å². The molecular weight excluding hydrogens is 260 g/mol. The maximum atomic E-state index is 12.1. The average molecular weight is 274 g/mol. The number of nitrogens with zero attached hydrogens (tertiary/aromatic N) is 2. The molecule has 1 fully saturated rings. The number of carbonyl (C=O) groups is 1. The van der Waals surface area contributed by atoms with Crippen molar-refractivity contribution >= 4 is 17.3 Å². The Bertz CT molecular complexity index is 615. The first kappa shape index (κ1) is 14.0. The van der Waals surface area contributed by atoms with Gasteiger partial charge in [-0.25, -0.2) is 0 Å². The van der Waals surface area contributed by atoms with Crippen molar-refractivity contribution in [1.29, 1.82) is 5.26 Å². The number of carbonyl (C=O) groups excluding carboxylic acids is 1. The molecule has 0 heterocycles. The van der Waals surface area contributed by atoms with Crippen LogP contribution >= 0.6 is 0 Å². The lowest BCUT2D eigenvalue weighted by Crippen LogP contribution is -2.50. The fraction of sp³-hybridized carbons (Fsp3) is 0.385. The lowest BCUT2D eigenvalue weighted by molar-refractivity contribution is -0.384. The van der Waals surface area contributed by atoms with Crippen molar-refractivity contribution in [3.05, 3.63) is 33.9 Å². The Balaban J connectivity index is 2.27. The lowest BCUT2D eigenvalue weighted by Gasteiger charge is -2.23. The second kappa shape index (κ2) is 4.90. The highest BCUT2D eigenvalue weighted by atomic mass is 16.6. The molecule has 1 aliphatic rings. The number of hydrogen-bond donors (Lipinski definition) is 2. The molecule has 0 radical (unpaired) electrons. The van der Waals surface area contributed by atoms with Gasteiger partial charge < -0.3 is 11.1 Å². The molecule has 1 aromatic carbocycles. The normalized spacial score (nSPS) is 16.9. The van der Waals surface area contributed by atoms with Gasteiger partial charge in [0, 0.05) is 6.07 Å². The second-order valence-corrected chi connectivity index (χ2v) is 5.11. The molecule has 0 saturated heterocycles. The minimum atomic E-state index is -1.04. The molecule has 104 valence electrons. The molecule has 1 aliphatic carbocycles. The summed E-state index contributed by atoms with van der Waals surface area (Å²) < 4.78 is 0. The third-order valence-corrected chi connectivity index (χ3v) is 3.49. The van der Waals surface area contributed by atoms with E-state index in [1.54, 1.807) is 6.92 Å². The Morgan fingerprint density at radius 1 is 1.60 bits per heavy atom. The Morgan fingerprint density at radius 2 is 2.25 bits per heavy atom. The fourth-order valence-electron chi connectivity index (χ4n) is 1.98. The first-order valence-electron chi connectivity index (χ1n) is 6.15. The summed E-state index contributed by atoms with van der Waals surface area (Å²) in [7, 11) is 0. The van der Waals surface area contributed by atoms with E-state index in [9.17, 15) is 14.9 Å². The highest BCUT2D eigenvalue weighted by Crippen LogP contribution is 2.39. The van der Waals surface area contributed by atoms with Gasteiger partial charge >= 0.3 is 0 Å². The highest BCUT2D eigenvalue weighted by molar-refractivity contribution is 5.99. The molecule has 2 rings (SSSR count). The number of hydrogen-bond acceptors (Lipinski definition) is 5. The summed E-state index contributed by atoms with van der Waals surface area (Å²) in [4.78, 5) is 22.5. The molecule has 20 heavy (non-hydrogen) atoms. The molecule has 1 amide bonds. The van der Waals surface area contributed by atoms with Crippen LogP contribution in [0, 0.1) is 27.4 Å². The van der Waals surface area contributed by atoms with E-state index >= 15 is 0 Å². The second-order valence-electron chi connectivity index (χ2n) is 5.11. The third kappa shape index (κ3) is 2.60. The Kier molecular flexibility index (Phi) is 3.42. The van der Waals surface area contributed by atoms with Crippen LogP contribution in [-0.4, -0.2) is 16.4 Å². The summed E-state index contributed by atoms with van der Waals surface area (Å²) in [5.74, 6) is -0.340. The summed E-state index contributed by atoms with van der Waals surface area (Å²) >= 11 is 0. The smallest absolute Gasteiger partial charge is 0.294 e. The first-order chi connectivity index (χ1) is 9.36. The van der Waals surface area contributed by atoms with Gasteiger partial charge in [-0.05, 0) is 37.8 Å². The van der Waals surface area contributed by atoms with Crippen LogP contribution in [0.2, 0.25) is 0 Å². The molecule has 3 N–H and O–H groups in total. The summed E-state index contributed by atoms with van der Waals surface area (Å²) in [6.45, 7) is 1.62.